The summed E-state index contributed by atoms with van der Waals surface area (Å²) in [6, 6.07) is 0. The molecule has 2 saturated heterocycles. The van der Waals surface area contributed by atoms with E-state index in [0.717, 1.165) is 25.5 Å². The maximum absolute atomic E-state index is 13.5. The van der Waals surface area contributed by atoms with Crippen molar-refractivity contribution < 1.29 is 32.0 Å². The smallest absolute Gasteiger partial charge is 0.265 e. The average molecular weight is 484 g/mol. The molecule has 5 aliphatic rings. The van der Waals surface area contributed by atoms with Gasteiger partial charge in [-0.3, -0.25) is 13.8 Å². The summed E-state index contributed by atoms with van der Waals surface area (Å²) in [7, 11) is -3.84. The van der Waals surface area contributed by atoms with E-state index in [2.05, 4.69) is 19.2 Å². The molecule has 10 unspecified atom stereocenters. The van der Waals surface area contributed by atoms with E-state index in [-0.39, 0.29) is 59.2 Å². The molecule has 3 aliphatic carbocycles. The van der Waals surface area contributed by atoms with Gasteiger partial charge >= 0.3 is 0 Å². The van der Waals surface area contributed by atoms with Gasteiger partial charge in [-0.05, 0) is 31.6 Å². The van der Waals surface area contributed by atoms with Gasteiger partial charge in [0.25, 0.3) is 10.1 Å². The highest BCUT2D eigenvalue weighted by Crippen LogP contribution is 2.68. The van der Waals surface area contributed by atoms with Gasteiger partial charge in [-0.1, -0.05) is 27.7 Å². The Bertz CT molecular complexity index is 979. The Morgan fingerprint density at radius 3 is 2.48 bits per heavy atom. The lowest BCUT2D eigenvalue weighted by Crippen LogP contribution is -2.74. The van der Waals surface area contributed by atoms with Crippen LogP contribution in [0.15, 0.2) is 0 Å². The molecule has 0 bridgehead atoms. The van der Waals surface area contributed by atoms with Crippen LogP contribution in [0.3, 0.4) is 0 Å². The molecule has 1 spiro atoms. The van der Waals surface area contributed by atoms with Crippen LogP contribution >= 0.6 is 0 Å². The number of hydrogen-bond donors (Lipinski definition) is 2. The Hall–Kier alpha value is -1.03. The number of Topliss-reactive ketones (excluding diaryl/α,β-unsaturated/α-hetero) is 1. The second-order valence-corrected chi connectivity index (χ2v) is 13.8. The summed E-state index contributed by atoms with van der Waals surface area (Å²) in [4.78, 5) is 25.9. The van der Waals surface area contributed by atoms with E-state index in [0.29, 0.717) is 13.0 Å². The zero-order valence-corrected chi connectivity index (χ0v) is 21.0. The lowest BCUT2D eigenvalue weighted by Gasteiger charge is -2.70. The van der Waals surface area contributed by atoms with Crippen molar-refractivity contribution in [1.82, 2.24) is 5.32 Å². The van der Waals surface area contributed by atoms with Gasteiger partial charge in [-0.25, -0.2) is 0 Å². The topological polar surface area (TPSA) is 119 Å². The first-order valence-corrected chi connectivity index (χ1v) is 14.1. The van der Waals surface area contributed by atoms with Crippen molar-refractivity contribution in [3.63, 3.8) is 0 Å². The number of aliphatic hydroxyl groups is 1. The molecule has 1 amide bonds. The predicted octanol–water partition coefficient (Wildman–Crippen LogP) is 1.65. The van der Waals surface area contributed by atoms with Gasteiger partial charge in [-0.15, -0.1) is 0 Å². The number of ketones is 1. The fourth-order valence-electron chi connectivity index (χ4n) is 8.43. The van der Waals surface area contributed by atoms with E-state index in [1.807, 2.05) is 13.8 Å². The van der Waals surface area contributed by atoms with Crippen molar-refractivity contribution in [2.24, 2.45) is 40.4 Å². The van der Waals surface area contributed by atoms with Crippen LogP contribution in [0.25, 0.3) is 0 Å². The molecule has 2 heterocycles. The molecule has 5 rings (SSSR count). The molecule has 0 aromatic heterocycles. The van der Waals surface area contributed by atoms with Crippen LogP contribution in [0.1, 0.15) is 59.8 Å². The van der Waals surface area contributed by atoms with Gasteiger partial charge in [0.2, 0.25) is 5.91 Å². The highest BCUT2D eigenvalue weighted by atomic mass is 32.2. The van der Waals surface area contributed by atoms with E-state index >= 15 is 0 Å². The lowest BCUT2D eigenvalue weighted by molar-refractivity contribution is -0.327. The third kappa shape index (κ3) is 3.21. The van der Waals surface area contributed by atoms with E-state index in [1.54, 1.807) is 0 Å². The highest BCUT2D eigenvalue weighted by Gasteiger charge is 2.72. The van der Waals surface area contributed by atoms with Crippen LogP contribution in [0.5, 0.6) is 0 Å². The largest absolute Gasteiger partial charge is 0.393 e. The fourth-order valence-corrected chi connectivity index (χ4v) is 9.01. The van der Waals surface area contributed by atoms with Gasteiger partial charge in [-0.2, -0.15) is 8.42 Å². The van der Waals surface area contributed by atoms with E-state index in [1.165, 1.54) is 0 Å². The van der Waals surface area contributed by atoms with Crippen molar-refractivity contribution >= 4 is 21.8 Å². The Morgan fingerprint density at radius 2 is 1.82 bits per heavy atom. The summed E-state index contributed by atoms with van der Waals surface area (Å²) in [5.41, 5.74) is -1.96. The Kier molecular flexibility index (Phi) is 5.20. The third-order valence-electron chi connectivity index (χ3n) is 10.3. The molecule has 10 atom stereocenters. The molecule has 186 valence electrons. The molecule has 0 aromatic carbocycles. The van der Waals surface area contributed by atoms with Crippen molar-refractivity contribution in [3.8, 4) is 0 Å². The summed E-state index contributed by atoms with van der Waals surface area (Å²) in [5.74, 6) is -0.442. The molecule has 2 aliphatic heterocycles. The minimum atomic E-state index is -3.84. The quantitative estimate of drug-likeness (QED) is 0.573. The molecule has 8 nitrogen and oxygen atoms in total. The summed E-state index contributed by atoms with van der Waals surface area (Å²) in [5, 5.41) is 14.0. The third-order valence-corrected chi connectivity index (χ3v) is 10.9. The molecule has 0 radical (unpaired) electrons. The molecule has 33 heavy (non-hydrogen) atoms. The van der Waals surface area contributed by atoms with Gasteiger partial charge in [0.05, 0.1) is 24.1 Å². The first-order valence-electron chi connectivity index (χ1n) is 12.3. The number of hydrogen-bond acceptors (Lipinski definition) is 7. The molecule has 9 heteroatoms. The minimum Gasteiger partial charge on any atom is -0.393 e. The van der Waals surface area contributed by atoms with Crippen LogP contribution < -0.4 is 5.32 Å². The first-order chi connectivity index (χ1) is 15.2. The minimum absolute atomic E-state index is 0.0297. The molecular formula is C24H37NO7S. The van der Waals surface area contributed by atoms with Crippen LogP contribution in [0.4, 0.5) is 0 Å². The zero-order chi connectivity index (χ0) is 24.1. The number of nitrogens with one attached hydrogen (secondary N) is 1. The normalized spacial score (nSPS) is 51.1. The van der Waals surface area contributed by atoms with Crippen molar-refractivity contribution in [2.45, 2.75) is 83.7 Å². The van der Waals surface area contributed by atoms with E-state index < -0.39 is 33.3 Å². The van der Waals surface area contributed by atoms with Gasteiger partial charge < -0.3 is 15.2 Å². The second-order valence-electron chi connectivity index (χ2n) is 12.2. The van der Waals surface area contributed by atoms with Gasteiger partial charge in [0.1, 0.15) is 6.10 Å². The van der Waals surface area contributed by atoms with Gasteiger partial charge in [0.15, 0.2) is 5.78 Å². The standard InChI is InChI=1S/C24H37NO7S/c1-12-6-7-18-22(2,3)20(27)17(32-33(5,29)30)10-24(18)23(12,4)9-14-16(26)8-13-15(19(14)31-24)11-25-21(13)28/h12-19,26H,6-11H2,1-5H3,(H,25,28). The first kappa shape index (κ1) is 23.7. The number of carbonyl (C=O) groups excluding carboxylic acids is 2. The monoisotopic (exact) mass is 483 g/mol. The second kappa shape index (κ2) is 7.24. The van der Waals surface area contributed by atoms with Crippen LogP contribution in [-0.2, 0) is 28.6 Å². The number of fused-ring (bicyclic) bond motifs is 3. The molecular weight excluding hydrogens is 446 g/mol. The zero-order valence-electron chi connectivity index (χ0n) is 20.2. The molecule has 3 saturated carbocycles. The summed E-state index contributed by atoms with van der Waals surface area (Å²) in [6.45, 7) is 8.71. The molecule has 5 fully saturated rings. The lowest BCUT2D eigenvalue weighted by atomic mass is 9.42. The van der Waals surface area contributed by atoms with Crippen LogP contribution in [-0.4, -0.2) is 61.9 Å². The van der Waals surface area contributed by atoms with Crippen molar-refractivity contribution in [1.29, 1.82) is 0 Å². The molecule has 2 N–H and O–H groups in total. The SMILES string of the molecule is CC1CCC2C(C)(C)C(=O)C(OS(C)(=O)=O)CC23OC2C(CC13C)C(O)CC1C(=O)NCC12. The fraction of sp³-hybridized carbons (Fsp3) is 0.917. The average Bonchev–Trinajstić information content (AvgIpc) is 3.06. The van der Waals surface area contributed by atoms with Crippen molar-refractivity contribution in [2.75, 3.05) is 12.8 Å². The number of rotatable bonds is 2. The van der Waals surface area contributed by atoms with Crippen molar-refractivity contribution in [3.05, 3.63) is 0 Å². The maximum atomic E-state index is 13.5. The Morgan fingerprint density at radius 1 is 1.12 bits per heavy atom. The van der Waals surface area contributed by atoms with Crippen LogP contribution in [0.2, 0.25) is 0 Å². The molecule has 0 aromatic rings. The van der Waals surface area contributed by atoms with Gasteiger partial charge in [0, 0.05) is 47.5 Å². The number of amides is 1. The van der Waals surface area contributed by atoms with E-state index in [4.69, 9.17) is 8.92 Å². The van der Waals surface area contributed by atoms with E-state index in [9.17, 15) is 23.1 Å². The summed E-state index contributed by atoms with van der Waals surface area (Å²) >= 11 is 0. The number of aliphatic hydroxyl groups excluding tert-OH is 1. The number of ether oxygens (including phenoxy) is 1. The number of carbonyl (C=O) groups is 2. The van der Waals surface area contributed by atoms with Crippen LogP contribution in [0, 0.1) is 40.4 Å². The predicted molar refractivity (Wildman–Crippen MR) is 119 cm³/mol. The summed E-state index contributed by atoms with van der Waals surface area (Å²) in [6.07, 6.45) is 2.06. The Labute approximate surface area is 196 Å². The Balaban J connectivity index is 1.63. The highest BCUT2D eigenvalue weighted by molar-refractivity contribution is 7.86. The summed E-state index contributed by atoms with van der Waals surface area (Å²) < 4.78 is 36.7. The maximum Gasteiger partial charge on any atom is 0.265 e.